The summed E-state index contributed by atoms with van der Waals surface area (Å²) < 4.78 is 16.4. The van der Waals surface area contributed by atoms with Crippen molar-refractivity contribution in [2.75, 3.05) is 19.8 Å². The van der Waals surface area contributed by atoms with E-state index in [2.05, 4.69) is 50.5 Å². The van der Waals surface area contributed by atoms with Gasteiger partial charge in [-0.25, -0.2) is 0 Å². The van der Waals surface area contributed by atoms with Gasteiger partial charge in [-0.05, 0) is 20.8 Å². The van der Waals surface area contributed by atoms with Gasteiger partial charge in [0, 0.05) is 19.8 Å². The smallest absolute Gasteiger partial charge is 0.372 e. The van der Waals surface area contributed by atoms with Crippen LogP contribution in [0.15, 0.2) is 0 Å². The van der Waals surface area contributed by atoms with Gasteiger partial charge in [0.2, 0.25) is 0 Å². The predicted octanol–water partition coefficient (Wildman–Crippen LogP) is 2.48. The highest BCUT2D eigenvalue weighted by Gasteiger charge is 2.60. The minimum atomic E-state index is -3.05. The average molecular weight is 320 g/mol. The van der Waals surface area contributed by atoms with E-state index in [1.165, 1.54) is 0 Å². The third-order valence-electron chi connectivity index (χ3n) is 1.74. The van der Waals surface area contributed by atoms with Crippen LogP contribution in [-0.2, 0) is 13.3 Å². The lowest BCUT2D eigenvalue weighted by Gasteiger charge is -2.40. The molecular formula is C8H19O3S4Si. The lowest BCUT2D eigenvalue weighted by Crippen LogP contribution is -2.61. The first-order valence-corrected chi connectivity index (χ1v) is 8.51. The van der Waals surface area contributed by atoms with E-state index in [0.717, 1.165) is 0 Å². The Balaban J connectivity index is 5.12. The molecule has 3 nitrogen and oxygen atoms in total. The van der Waals surface area contributed by atoms with Gasteiger partial charge in [-0.15, -0.1) is 0 Å². The number of hydrogen-bond donors (Lipinski definition) is 4. The second-order valence-electron chi connectivity index (χ2n) is 2.85. The van der Waals surface area contributed by atoms with Crippen LogP contribution >= 0.6 is 50.5 Å². The van der Waals surface area contributed by atoms with Crippen LogP contribution in [0.4, 0.5) is 0 Å². The molecule has 0 spiro atoms. The Hall–Kier alpha value is 1.50. The monoisotopic (exact) mass is 319 g/mol. The maximum absolute atomic E-state index is 5.66. The fourth-order valence-electron chi connectivity index (χ4n) is 1.13. The summed E-state index contributed by atoms with van der Waals surface area (Å²) >= 11 is 17.2. The molecule has 0 aliphatic heterocycles. The van der Waals surface area contributed by atoms with Crippen LogP contribution in [0.3, 0.4) is 0 Å². The number of hydrogen-bond acceptors (Lipinski definition) is 7. The van der Waals surface area contributed by atoms with E-state index in [4.69, 9.17) is 13.3 Å². The molecule has 0 saturated carbocycles. The standard InChI is InChI=1S/C8H19O3S4Si/c1-4-9-16(10-5-2,11-6-3)8(14,15)7(12)13/h12-15H,4-6H2,1-3H3. The van der Waals surface area contributed by atoms with E-state index < -0.39 is 12.5 Å². The first kappa shape index (κ1) is 17.5. The van der Waals surface area contributed by atoms with Crippen molar-refractivity contribution in [3.05, 3.63) is 4.58 Å². The minimum Gasteiger partial charge on any atom is -0.372 e. The normalized spacial score (nSPS) is 13.5. The van der Waals surface area contributed by atoms with E-state index in [9.17, 15) is 0 Å². The Labute approximate surface area is 121 Å². The van der Waals surface area contributed by atoms with E-state index in [1.54, 1.807) is 0 Å². The highest BCUT2D eigenvalue weighted by atomic mass is 32.2. The van der Waals surface area contributed by atoms with Crippen LogP contribution in [-0.4, -0.2) is 32.3 Å². The van der Waals surface area contributed by atoms with E-state index in [0.29, 0.717) is 24.4 Å². The second kappa shape index (κ2) is 7.83. The van der Waals surface area contributed by atoms with Gasteiger partial charge in [0.1, 0.15) is 4.58 Å². The van der Waals surface area contributed by atoms with Gasteiger partial charge in [-0.3, -0.25) is 0 Å². The summed E-state index contributed by atoms with van der Waals surface area (Å²) in [5.41, 5.74) is 0. The van der Waals surface area contributed by atoms with E-state index in [-0.39, 0.29) is 0 Å². The lowest BCUT2D eigenvalue weighted by molar-refractivity contribution is 0.0697. The molecular weight excluding hydrogens is 300 g/mol. The molecule has 0 aliphatic rings. The fraction of sp³-hybridized carbons (Fsp3) is 0.875. The molecule has 1 radical (unpaired) electrons. The zero-order chi connectivity index (χ0) is 12.8. The van der Waals surface area contributed by atoms with Gasteiger partial charge in [-0.1, -0.05) is 0 Å². The van der Waals surface area contributed by atoms with Gasteiger partial charge >= 0.3 is 8.80 Å². The Morgan fingerprint density at radius 3 is 1.44 bits per heavy atom. The van der Waals surface area contributed by atoms with Crippen molar-refractivity contribution in [3.8, 4) is 0 Å². The summed E-state index contributed by atoms with van der Waals surface area (Å²) in [7, 11) is -3.05. The third-order valence-corrected chi connectivity index (χ3v) is 8.74. The van der Waals surface area contributed by atoms with Crippen LogP contribution in [0, 0.1) is 4.58 Å². The van der Waals surface area contributed by atoms with Crippen LogP contribution < -0.4 is 0 Å². The molecule has 0 bridgehead atoms. The molecule has 0 aromatic heterocycles. The largest absolute Gasteiger partial charge is 0.530 e. The Kier molecular flexibility index (Phi) is 8.56. The average Bonchev–Trinajstić information content (AvgIpc) is 2.18. The Bertz CT molecular complexity index is 187. The molecule has 0 aromatic rings. The van der Waals surface area contributed by atoms with Crippen molar-refractivity contribution in [2.45, 2.75) is 24.5 Å². The first-order valence-electron chi connectivity index (χ1n) is 4.99. The molecule has 0 amide bonds. The Morgan fingerprint density at radius 2 is 1.25 bits per heavy atom. The summed E-state index contributed by atoms with van der Waals surface area (Å²) in [6.45, 7) is 6.99. The van der Waals surface area contributed by atoms with Crippen LogP contribution in [0.5, 0.6) is 0 Å². The molecule has 0 aromatic carbocycles. The highest BCUT2D eigenvalue weighted by molar-refractivity contribution is 8.11. The quantitative estimate of drug-likeness (QED) is 0.315. The minimum absolute atomic E-state index is 0.404. The molecule has 0 heterocycles. The zero-order valence-corrected chi connectivity index (χ0v) is 14.2. The van der Waals surface area contributed by atoms with E-state index in [1.807, 2.05) is 20.8 Å². The molecule has 0 aliphatic carbocycles. The molecule has 0 saturated heterocycles. The van der Waals surface area contributed by atoms with Gasteiger partial charge in [0.25, 0.3) is 0 Å². The summed E-state index contributed by atoms with van der Waals surface area (Å²) in [6.07, 6.45) is 0. The maximum atomic E-state index is 5.66. The third kappa shape index (κ3) is 4.01. The second-order valence-corrected chi connectivity index (χ2v) is 9.36. The zero-order valence-electron chi connectivity index (χ0n) is 9.63. The van der Waals surface area contributed by atoms with E-state index >= 15 is 0 Å². The van der Waals surface area contributed by atoms with Crippen molar-refractivity contribution in [1.82, 2.24) is 0 Å². The van der Waals surface area contributed by atoms with Crippen LogP contribution in [0.2, 0.25) is 0 Å². The topological polar surface area (TPSA) is 27.7 Å². The number of rotatable bonds is 8. The molecule has 0 fully saturated rings. The van der Waals surface area contributed by atoms with Crippen molar-refractivity contribution in [3.63, 3.8) is 0 Å². The molecule has 0 N–H and O–H groups in total. The molecule has 0 atom stereocenters. The van der Waals surface area contributed by atoms with Crippen molar-refractivity contribution >= 4 is 59.3 Å². The fourth-order valence-corrected chi connectivity index (χ4v) is 5.39. The van der Waals surface area contributed by atoms with Gasteiger partial charge in [0.15, 0.2) is 3.70 Å². The van der Waals surface area contributed by atoms with Crippen molar-refractivity contribution in [2.24, 2.45) is 0 Å². The molecule has 8 heteroatoms. The van der Waals surface area contributed by atoms with Crippen LogP contribution in [0.1, 0.15) is 20.8 Å². The maximum Gasteiger partial charge on any atom is 0.530 e. The molecule has 97 valence electrons. The number of thiol groups is 4. The summed E-state index contributed by atoms with van der Waals surface area (Å²) in [6, 6.07) is 0. The molecule has 16 heavy (non-hydrogen) atoms. The first-order chi connectivity index (χ1) is 7.38. The summed E-state index contributed by atoms with van der Waals surface area (Å²) in [5.74, 6) is 0. The summed E-state index contributed by atoms with van der Waals surface area (Å²) in [4.78, 5) is 0. The van der Waals surface area contributed by atoms with Crippen molar-refractivity contribution < 1.29 is 13.3 Å². The molecule has 0 rings (SSSR count). The molecule has 0 unspecified atom stereocenters. The lowest BCUT2D eigenvalue weighted by atomic mass is 10.9. The van der Waals surface area contributed by atoms with Gasteiger partial charge in [0.05, 0.1) is 0 Å². The summed E-state index contributed by atoms with van der Waals surface area (Å²) in [5, 5.41) is 0. The highest BCUT2D eigenvalue weighted by Crippen LogP contribution is 2.45. The SMILES string of the molecule is CCO[Si](OCC)(OCC)C(S)(S)[C](S)S. The van der Waals surface area contributed by atoms with Crippen molar-refractivity contribution in [1.29, 1.82) is 0 Å². The van der Waals surface area contributed by atoms with Gasteiger partial charge < -0.3 is 13.3 Å². The van der Waals surface area contributed by atoms with Crippen LogP contribution in [0.25, 0.3) is 0 Å². The predicted molar refractivity (Wildman–Crippen MR) is 82.6 cm³/mol. The van der Waals surface area contributed by atoms with Gasteiger partial charge in [-0.2, -0.15) is 50.5 Å². The Morgan fingerprint density at radius 1 is 0.938 bits per heavy atom.